The van der Waals surface area contributed by atoms with Crippen molar-refractivity contribution in [3.8, 4) is 5.75 Å². The third kappa shape index (κ3) is 3.37. The van der Waals surface area contributed by atoms with Crippen molar-refractivity contribution in [2.45, 2.75) is 51.1 Å². The van der Waals surface area contributed by atoms with Crippen molar-refractivity contribution in [1.82, 2.24) is 15.5 Å². The first-order valence-corrected chi connectivity index (χ1v) is 9.66. The van der Waals surface area contributed by atoms with Crippen LogP contribution in [0.3, 0.4) is 0 Å². The van der Waals surface area contributed by atoms with E-state index in [4.69, 9.17) is 4.74 Å². The van der Waals surface area contributed by atoms with Crippen LogP contribution >= 0.6 is 0 Å². The minimum Gasteiger partial charge on any atom is -0.496 e. The number of carbonyl (C=O) groups is 2. The number of amides is 3. The van der Waals surface area contributed by atoms with E-state index in [1.807, 2.05) is 0 Å². The fourth-order valence-electron chi connectivity index (χ4n) is 4.48. The number of benzene rings is 1. The van der Waals surface area contributed by atoms with Crippen molar-refractivity contribution in [2.75, 3.05) is 20.2 Å². The summed E-state index contributed by atoms with van der Waals surface area (Å²) in [5.74, 6) is 0.862. The number of aryl methyl sites for hydroxylation is 2. The molecule has 3 aliphatic rings. The molecule has 26 heavy (non-hydrogen) atoms. The first-order valence-electron chi connectivity index (χ1n) is 9.66. The van der Waals surface area contributed by atoms with E-state index in [1.54, 1.807) is 12.0 Å². The maximum atomic E-state index is 12.7. The predicted octanol–water partition coefficient (Wildman–Crippen LogP) is 1.99. The molecule has 2 aliphatic heterocycles. The molecular weight excluding hydrogens is 330 g/mol. The molecule has 6 nitrogen and oxygen atoms in total. The van der Waals surface area contributed by atoms with Crippen LogP contribution in [0, 0.1) is 5.92 Å². The number of nitrogens with zero attached hydrogens (tertiary/aromatic N) is 1. The van der Waals surface area contributed by atoms with Gasteiger partial charge >= 0.3 is 6.03 Å². The number of nitrogens with one attached hydrogen (secondary N) is 2. The molecule has 2 fully saturated rings. The average molecular weight is 357 g/mol. The summed E-state index contributed by atoms with van der Waals surface area (Å²) in [6.45, 7) is 1.55. The second-order valence-corrected chi connectivity index (χ2v) is 7.68. The highest BCUT2D eigenvalue weighted by Gasteiger charge is 2.34. The quantitative estimate of drug-likeness (QED) is 0.869. The zero-order chi connectivity index (χ0) is 18.1. The second-order valence-electron chi connectivity index (χ2n) is 7.68. The van der Waals surface area contributed by atoms with Gasteiger partial charge in [-0.15, -0.1) is 0 Å². The third-order valence-corrected chi connectivity index (χ3v) is 5.92. The normalized spacial score (nSPS) is 24.5. The van der Waals surface area contributed by atoms with Crippen LogP contribution in [0.1, 0.15) is 42.4 Å². The summed E-state index contributed by atoms with van der Waals surface area (Å²) < 4.78 is 5.52. The Morgan fingerprint density at radius 2 is 2.04 bits per heavy atom. The first kappa shape index (κ1) is 17.2. The summed E-state index contributed by atoms with van der Waals surface area (Å²) in [6.07, 6.45) is 6.26. The monoisotopic (exact) mass is 357 g/mol. The molecule has 2 N–H and O–H groups in total. The number of hydrogen-bond acceptors (Lipinski definition) is 3. The topological polar surface area (TPSA) is 70.7 Å². The molecule has 2 saturated heterocycles. The third-order valence-electron chi connectivity index (χ3n) is 5.92. The number of carbonyl (C=O) groups excluding carboxylic acids is 2. The lowest BCUT2D eigenvalue weighted by Crippen LogP contribution is -2.46. The van der Waals surface area contributed by atoms with E-state index in [2.05, 4.69) is 22.8 Å². The summed E-state index contributed by atoms with van der Waals surface area (Å²) >= 11 is 0. The molecule has 6 heteroatoms. The highest BCUT2D eigenvalue weighted by molar-refractivity contribution is 5.82. The maximum absolute atomic E-state index is 12.7. The number of likely N-dealkylation sites (tertiary alicyclic amines) is 1. The average Bonchev–Trinajstić information content (AvgIpc) is 2.92. The molecule has 0 saturated carbocycles. The molecule has 1 aromatic rings. The highest BCUT2D eigenvalue weighted by atomic mass is 16.5. The van der Waals surface area contributed by atoms with Gasteiger partial charge in [-0.1, -0.05) is 12.5 Å². The fourth-order valence-corrected chi connectivity index (χ4v) is 4.48. The second kappa shape index (κ2) is 7.17. The molecule has 1 aliphatic carbocycles. The van der Waals surface area contributed by atoms with E-state index < -0.39 is 0 Å². The molecule has 1 aromatic carbocycles. The lowest BCUT2D eigenvalue weighted by atomic mass is 9.99. The molecule has 0 unspecified atom stereocenters. The Kier molecular flexibility index (Phi) is 4.74. The van der Waals surface area contributed by atoms with Gasteiger partial charge in [0, 0.05) is 31.2 Å². The predicted molar refractivity (Wildman–Crippen MR) is 98.1 cm³/mol. The smallest absolute Gasteiger partial charge is 0.317 e. The van der Waals surface area contributed by atoms with Gasteiger partial charge in [-0.2, -0.15) is 0 Å². The van der Waals surface area contributed by atoms with Gasteiger partial charge < -0.3 is 20.3 Å². The largest absolute Gasteiger partial charge is 0.496 e. The standard InChI is InChI=1S/C20H27N3O3/c1-26-18-9-14-5-2-4-13(14)8-16(18)10-21-20(25)23-11-15-6-3-7-17(12-23)22-19(15)24/h8-9,15,17H,2-7,10-12H2,1H3,(H,21,25)(H,22,24)/t15-,17+/m1/s1. The Balaban J connectivity index is 1.43. The lowest BCUT2D eigenvalue weighted by molar-refractivity contribution is -0.124. The Hall–Kier alpha value is -2.24. The van der Waals surface area contributed by atoms with Crippen LogP contribution < -0.4 is 15.4 Å². The van der Waals surface area contributed by atoms with Gasteiger partial charge in [0.2, 0.25) is 5.91 Å². The number of methoxy groups -OCH3 is 1. The molecule has 0 aromatic heterocycles. The zero-order valence-corrected chi connectivity index (χ0v) is 15.3. The van der Waals surface area contributed by atoms with Crippen LogP contribution in [0.25, 0.3) is 0 Å². The van der Waals surface area contributed by atoms with Crippen LogP contribution in [0.4, 0.5) is 4.79 Å². The van der Waals surface area contributed by atoms with Crippen LogP contribution in [0.2, 0.25) is 0 Å². The summed E-state index contributed by atoms with van der Waals surface area (Å²) in [6, 6.07) is 4.27. The van der Waals surface area contributed by atoms with E-state index in [9.17, 15) is 9.59 Å². The van der Waals surface area contributed by atoms with E-state index in [0.717, 1.165) is 43.4 Å². The Morgan fingerprint density at radius 1 is 1.23 bits per heavy atom. The Morgan fingerprint density at radius 3 is 2.85 bits per heavy atom. The molecule has 0 radical (unpaired) electrons. The summed E-state index contributed by atoms with van der Waals surface area (Å²) in [4.78, 5) is 26.7. The van der Waals surface area contributed by atoms with E-state index in [1.165, 1.54) is 17.5 Å². The zero-order valence-electron chi connectivity index (χ0n) is 15.3. The Bertz CT molecular complexity index is 718. The van der Waals surface area contributed by atoms with Crippen molar-refractivity contribution < 1.29 is 14.3 Å². The number of rotatable bonds is 3. The minimum atomic E-state index is -0.0963. The van der Waals surface area contributed by atoms with Crippen molar-refractivity contribution in [1.29, 1.82) is 0 Å². The first-order chi connectivity index (χ1) is 12.6. The van der Waals surface area contributed by atoms with Crippen LogP contribution in [0.15, 0.2) is 12.1 Å². The van der Waals surface area contributed by atoms with Crippen LogP contribution in [0.5, 0.6) is 5.75 Å². The number of fused-ring (bicyclic) bond motifs is 4. The fraction of sp³-hybridized carbons (Fsp3) is 0.600. The Labute approximate surface area is 154 Å². The van der Waals surface area contributed by atoms with Gasteiger partial charge in [0.25, 0.3) is 0 Å². The number of ether oxygens (including phenoxy) is 1. The van der Waals surface area contributed by atoms with Crippen molar-refractivity contribution in [3.05, 3.63) is 28.8 Å². The van der Waals surface area contributed by atoms with E-state index >= 15 is 0 Å². The van der Waals surface area contributed by atoms with Gasteiger partial charge in [0.1, 0.15) is 5.75 Å². The van der Waals surface area contributed by atoms with E-state index in [0.29, 0.717) is 19.6 Å². The van der Waals surface area contributed by atoms with E-state index in [-0.39, 0.29) is 23.9 Å². The van der Waals surface area contributed by atoms with Gasteiger partial charge in [0.05, 0.1) is 13.0 Å². The maximum Gasteiger partial charge on any atom is 0.317 e. The molecule has 0 spiro atoms. The lowest BCUT2D eigenvalue weighted by Gasteiger charge is -2.27. The van der Waals surface area contributed by atoms with Gasteiger partial charge in [-0.3, -0.25) is 4.79 Å². The highest BCUT2D eigenvalue weighted by Crippen LogP contribution is 2.30. The summed E-state index contributed by atoms with van der Waals surface area (Å²) in [5.41, 5.74) is 3.75. The molecule has 3 amide bonds. The molecule has 140 valence electrons. The molecule has 2 atom stereocenters. The van der Waals surface area contributed by atoms with Gasteiger partial charge in [-0.25, -0.2) is 4.79 Å². The SMILES string of the molecule is COc1cc2c(cc1CNC(=O)N1C[C@@H]3CCC[C@H](C1)C(=O)N3)CCC2. The number of hydrogen-bond donors (Lipinski definition) is 2. The van der Waals surface area contributed by atoms with Crippen molar-refractivity contribution in [2.24, 2.45) is 5.92 Å². The van der Waals surface area contributed by atoms with Gasteiger partial charge in [-0.05, 0) is 49.3 Å². The van der Waals surface area contributed by atoms with Crippen LogP contribution in [-0.2, 0) is 24.2 Å². The number of urea groups is 1. The van der Waals surface area contributed by atoms with Crippen molar-refractivity contribution in [3.63, 3.8) is 0 Å². The van der Waals surface area contributed by atoms with Crippen molar-refractivity contribution >= 4 is 11.9 Å². The summed E-state index contributed by atoms with van der Waals surface area (Å²) in [5, 5.41) is 6.10. The van der Waals surface area contributed by atoms with Gasteiger partial charge in [0.15, 0.2) is 0 Å². The molecule has 2 bridgehead atoms. The molecular formula is C20H27N3O3. The molecule has 2 heterocycles. The molecule has 4 rings (SSSR count). The van der Waals surface area contributed by atoms with Crippen LogP contribution in [-0.4, -0.2) is 43.1 Å². The minimum absolute atomic E-state index is 0.0790. The summed E-state index contributed by atoms with van der Waals surface area (Å²) in [7, 11) is 1.68.